The number of aromatic nitrogens is 1. The van der Waals surface area contributed by atoms with Crippen LogP contribution in [0.15, 0.2) is 41.3 Å². The highest BCUT2D eigenvalue weighted by atomic mass is 35.5. The fourth-order valence-corrected chi connectivity index (χ4v) is 8.12. The maximum absolute atomic E-state index is 13.7. The minimum Gasteiger partial charge on any atom is -0.489 e. The van der Waals surface area contributed by atoms with Crippen LogP contribution in [0.1, 0.15) is 56.9 Å². The summed E-state index contributed by atoms with van der Waals surface area (Å²) in [7, 11) is -0.251. The monoisotopic (exact) mass is 734 g/mol. The number of carbonyl (C=O) groups excluding carboxylic acids is 2. The first kappa shape index (κ1) is 38.8. The summed E-state index contributed by atoms with van der Waals surface area (Å²) in [5.74, 6) is 0.0882. The van der Waals surface area contributed by atoms with Crippen molar-refractivity contribution in [1.29, 1.82) is 0 Å². The van der Waals surface area contributed by atoms with Gasteiger partial charge in [0, 0.05) is 66.3 Å². The molecule has 2 unspecified atom stereocenters. The van der Waals surface area contributed by atoms with Crippen LogP contribution >= 0.6 is 23.2 Å². The quantitative estimate of drug-likeness (QED) is 0.253. The number of nitrogens with zero attached hydrogens (tertiary/aromatic N) is 4. The molecule has 2 aromatic carbocycles. The van der Waals surface area contributed by atoms with Gasteiger partial charge in [0.05, 0.1) is 10.5 Å². The molecule has 4 rings (SSSR count). The van der Waals surface area contributed by atoms with Gasteiger partial charge in [-0.1, -0.05) is 23.2 Å². The number of aryl methyl sites for hydroxylation is 2. The van der Waals surface area contributed by atoms with Crippen LogP contribution in [0.25, 0.3) is 10.9 Å². The Kier molecular flexibility index (Phi) is 12.6. The van der Waals surface area contributed by atoms with Gasteiger partial charge in [-0.25, -0.2) is 8.42 Å². The number of rotatable bonds is 13. The summed E-state index contributed by atoms with van der Waals surface area (Å²) in [4.78, 5) is 36.2. The number of piperazine rings is 1. The molecular formula is C35H48Cl2N6O5S. The largest absolute Gasteiger partial charge is 0.489 e. The molecule has 1 aliphatic rings. The number of nitrogens with two attached hydrogens (primary N) is 1. The molecule has 49 heavy (non-hydrogen) atoms. The Balaban J connectivity index is 1.38. The SMILES string of the molecule is Cc1cc(C)c2cc(OCc3c(Cl)ccc(S(=O)(=O)NC(C)(C)C(=O)N4CCN(C(=O)CC(N)CCC(C)N(C)C)CC4)c3Cl)ccc2n1. The van der Waals surface area contributed by atoms with Gasteiger partial charge in [-0.2, -0.15) is 4.72 Å². The molecule has 0 radical (unpaired) electrons. The number of pyridine rings is 1. The van der Waals surface area contributed by atoms with Crippen LogP contribution in [0.4, 0.5) is 0 Å². The predicted molar refractivity (Wildman–Crippen MR) is 195 cm³/mol. The highest BCUT2D eigenvalue weighted by Gasteiger charge is 2.39. The van der Waals surface area contributed by atoms with Crippen molar-refractivity contribution in [2.24, 2.45) is 5.73 Å². The van der Waals surface area contributed by atoms with E-state index in [1.807, 2.05) is 46.1 Å². The van der Waals surface area contributed by atoms with Crippen LogP contribution in [0.3, 0.4) is 0 Å². The van der Waals surface area contributed by atoms with E-state index in [-0.39, 0.29) is 53.0 Å². The number of amides is 2. The van der Waals surface area contributed by atoms with Crippen LogP contribution in [-0.2, 0) is 26.2 Å². The standard InChI is InChI=1S/C35H48Cl2N6O5S/c1-22-18-23(2)39-30-12-10-26(20-27(22)30)48-21-28-29(36)11-13-31(33(28)37)49(46,47)40-35(4,5)34(45)43-16-14-42(15-17-43)32(44)19-25(38)9-8-24(3)41(6)7/h10-13,18,20,24-25,40H,8-9,14-17,19,21,38H2,1-7H3. The second kappa shape index (κ2) is 15.9. The lowest BCUT2D eigenvalue weighted by Gasteiger charge is -2.39. The average molecular weight is 736 g/mol. The van der Waals surface area contributed by atoms with Gasteiger partial charge in [0.2, 0.25) is 21.8 Å². The fourth-order valence-electron chi connectivity index (χ4n) is 5.86. The summed E-state index contributed by atoms with van der Waals surface area (Å²) < 4.78 is 35.8. The first-order valence-electron chi connectivity index (χ1n) is 16.4. The van der Waals surface area contributed by atoms with E-state index in [0.29, 0.717) is 30.4 Å². The van der Waals surface area contributed by atoms with Crippen LogP contribution < -0.4 is 15.2 Å². The number of sulfonamides is 1. The molecule has 1 saturated heterocycles. The Morgan fingerprint density at radius 2 is 1.69 bits per heavy atom. The molecule has 0 bridgehead atoms. The van der Waals surface area contributed by atoms with Crippen molar-refractivity contribution in [1.82, 2.24) is 24.4 Å². The number of benzene rings is 2. The summed E-state index contributed by atoms with van der Waals surface area (Å²) in [5.41, 5.74) is 7.84. The number of nitrogens with one attached hydrogen (secondary N) is 1. The molecule has 1 fully saturated rings. The Labute approximate surface area is 300 Å². The number of fused-ring (bicyclic) bond motifs is 1. The summed E-state index contributed by atoms with van der Waals surface area (Å²) in [5, 5.41) is 1.08. The molecule has 3 aromatic rings. The third-order valence-electron chi connectivity index (χ3n) is 9.06. The fraction of sp³-hybridized carbons (Fsp3) is 0.514. The van der Waals surface area contributed by atoms with Crippen molar-refractivity contribution >= 4 is 55.9 Å². The molecule has 0 spiro atoms. The normalized spacial score (nSPS) is 15.5. The van der Waals surface area contributed by atoms with Gasteiger partial charge in [0.25, 0.3) is 0 Å². The Bertz CT molecular complexity index is 1790. The van der Waals surface area contributed by atoms with Crippen molar-refractivity contribution in [2.75, 3.05) is 40.3 Å². The first-order chi connectivity index (χ1) is 22.9. The highest BCUT2D eigenvalue weighted by Crippen LogP contribution is 2.33. The van der Waals surface area contributed by atoms with E-state index in [2.05, 4.69) is 21.5 Å². The zero-order valence-corrected chi connectivity index (χ0v) is 31.7. The van der Waals surface area contributed by atoms with Crippen molar-refractivity contribution in [2.45, 2.75) is 83.0 Å². The zero-order valence-electron chi connectivity index (χ0n) is 29.3. The maximum atomic E-state index is 13.7. The number of hydrogen-bond donors (Lipinski definition) is 2. The minimum atomic E-state index is -4.28. The van der Waals surface area contributed by atoms with Gasteiger partial charge >= 0.3 is 0 Å². The molecule has 268 valence electrons. The van der Waals surface area contributed by atoms with E-state index in [1.165, 1.54) is 26.0 Å². The lowest BCUT2D eigenvalue weighted by atomic mass is 10.0. The van der Waals surface area contributed by atoms with Gasteiger partial charge in [0.15, 0.2) is 0 Å². The molecular weight excluding hydrogens is 687 g/mol. The maximum Gasteiger partial charge on any atom is 0.243 e. The van der Waals surface area contributed by atoms with Gasteiger partial charge in [-0.15, -0.1) is 0 Å². The topological polar surface area (TPSA) is 138 Å². The van der Waals surface area contributed by atoms with Crippen molar-refractivity contribution in [3.05, 3.63) is 63.3 Å². The summed E-state index contributed by atoms with van der Waals surface area (Å²) in [6.45, 7) is 10.2. The molecule has 0 saturated carbocycles. The molecule has 14 heteroatoms. The molecule has 0 aliphatic carbocycles. The molecule has 2 amide bonds. The first-order valence-corrected chi connectivity index (χ1v) is 18.6. The van der Waals surface area contributed by atoms with Gasteiger partial charge in [0.1, 0.15) is 22.8 Å². The van der Waals surface area contributed by atoms with Crippen molar-refractivity contribution in [3.63, 3.8) is 0 Å². The van der Waals surface area contributed by atoms with Crippen LogP contribution in [0, 0.1) is 13.8 Å². The van der Waals surface area contributed by atoms with Gasteiger partial charge in [-0.3, -0.25) is 14.6 Å². The van der Waals surface area contributed by atoms with E-state index in [0.717, 1.165) is 35.0 Å². The van der Waals surface area contributed by atoms with Crippen LogP contribution in [0.2, 0.25) is 10.0 Å². The molecule has 1 aliphatic heterocycles. The zero-order chi connectivity index (χ0) is 36.3. The highest BCUT2D eigenvalue weighted by molar-refractivity contribution is 7.89. The van der Waals surface area contributed by atoms with E-state index < -0.39 is 21.5 Å². The second-order valence-corrected chi connectivity index (χ2v) is 16.1. The van der Waals surface area contributed by atoms with Gasteiger partial charge < -0.3 is 25.2 Å². The molecule has 2 atom stereocenters. The second-order valence-electron chi connectivity index (χ2n) is 13.6. The Hall–Kier alpha value is -3.00. The Morgan fingerprint density at radius 1 is 1.04 bits per heavy atom. The third kappa shape index (κ3) is 9.62. The predicted octanol–water partition coefficient (Wildman–Crippen LogP) is 4.91. The number of halogens is 2. The van der Waals surface area contributed by atoms with E-state index in [9.17, 15) is 18.0 Å². The smallest absolute Gasteiger partial charge is 0.243 e. The summed E-state index contributed by atoms with van der Waals surface area (Å²) >= 11 is 13.1. The van der Waals surface area contributed by atoms with Crippen LogP contribution in [0.5, 0.6) is 5.75 Å². The molecule has 3 N–H and O–H groups in total. The number of ether oxygens (including phenoxy) is 1. The van der Waals surface area contributed by atoms with E-state index in [4.69, 9.17) is 33.7 Å². The lowest BCUT2D eigenvalue weighted by molar-refractivity contribution is -0.142. The number of hydrogen-bond acceptors (Lipinski definition) is 8. The van der Waals surface area contributed by atoms with Gasteiger partial charge in [-0.05, 0) is 104 Å². The van der Waals surface area contributed by atoms with E-state index in [1.54, 1.807) is 15.9 Å². The Morgan fingerprint density at radius 3 is 2.35 bits per heavy atom. The van der Waals surface area contributed by atoms with E-state index >= 15 is 0 Å². The summed E-state index contributed by atoms with van der Waals surface area (Å²) in [6.07, 6.45) is 1.88. The lowest BCUT2D eigenvalue weighted by Crippen LogP contribution is -2.60. The number of carbonyl (C=O) groups is 2. The molecule has 1 aromatic heterocycles. The minimum absolute atomic E-state index is 0.0444. The van der Waals surface area contributed by atoms with Crippen molar-refractivity contribution in [3.8, 4) is 5.75 Å². The average Bonchev–Trinajstić information content (AvgIpc) is 3.02. The summed E-state index contributed by atoms with van der Waals surface area (Å²) in [6, 6.07) is 10.4. The molecule has 11 nitrogen and oxygen atoms in total. The third-order valence-corrected chi connectivity index (χ3v) is 11.7. The van der Waals surface area contributed by atoms with Crippen molar-refractivity contribution < 1.29 is 22.7 Å². The van der Waals surface area contributed by atoms with Crippen LogP contribution in [-0.4, -0.2) is 97.8 Å². The molecule has 2 heterocycles.